The summed E-state index contributed by atoms with van der Waals surface area (Å²) in [6, 6.07) is 1.50. The molecule has 0 spiro atoms. The van der Waals surface area contributed by atoms with E-state index in [0.717, 1.165) is 12.8 Å². The number of carboxylic acids is 1. The first-order valence-electron chi connectivity index (χ1n) is 6.31. The molecule has 0 bridgehead atoms. The van der Waals surface area contributed by atoms with Crippen molar-refractivity contribution < 1.29 is 23.8 Å². The minimum atomic E-state index is -1.03. The van der Waals surface area contributed by atoms with Crippen molar-refractivity contribution >= 4 is 21.9 Å². The lowest BCUT2D eigenvalue weighted by atomic mass is 9.78. The van der Waals surface area contributed by atoms with Crippen LogP contribution < -0.4 is 9.47 Å². The summed E-state index contributed by atoms with van der Waals surface area (Å²) in [5.41, 5.74) is -0.565. The van der Waals surface area contributed by atoms with E-state index in [2.05, 4.69) is 15.9 Å². The van der Waals surface area contributed by atoms with Crippen LogP contribution in [-0.4, -0.2) is 25.3 Å². The Hall–Kier alpha value is -1.30. The number of benzene rings is 1. The third-order valence-electron chi connectivity index (χ3n) is 3.92. The molecular weight excluding hydrogens is 331 g/mol. The van der Waals surface area contributed by atoms with Crippen LogP contribution in [0.4, 0.5) is 4.39 Å². The summed E-state index contributed by atoms with van der Waals surface area (Å²) in [6.45, 7) is 0. The van der Waals surface area contributed by atoms with Crippen LogP contribution in [0.25, 0.3) is 0 Å². The molecule has 110 valence electrons. The molecule has 0 radical (unpaired) electrons. The van der Waals surface area contributed by atoms with Crippen molar-refractivity contribution in [2.75, 3.05) is 14.2 Å². The van der Waals surface area contributed by atoms with Crippen LogP contribution in [0.1, 0.15) is 31.2 Å². The van der Waals surface area contributed by atoms with Gasteiger partial charge < -0.3 is 14.6 Å². The lowest BCUT2D eigenvalue weighted by Gasteiger charge is -2.27. The molecule has 1 N–H and O–H groups in total. The maximum atomic E-state index is 14.0. The van der Waals surface area contributed by atoms with E-state index in [-0.39, 0.29) is 16.0 Å². The number of carboxylic acid groups (broad SMARTS) is 1. The molecule has 1 saturated carbocycles. The van der Waals surface area contributed by atoms with E-state index in [4.69, 9.17) is 9.47 Å². The van der Waals surface area contributed by atoms with Gasteiger partial charge in [0.1, 0.15) is 0 Å². The molecule has 0 amide bonds. The van der Waals surface area contributed by atoms with Gasteiger partial charge in [-0.1, -0.05) is 12.8 Å². The fraction of sp³-hybridized carbons (Fsp3) is 0.500. The highest BCUT2D eigenvalue weighted by Crippen LogP contribution is 2.50. The van der Waals surface area contributed by atoms with E-state index in [0.29, 0.717) is 18.4 Å². The maximum Gasteiger partial charge on any atom is 0.314 e. The zero-order valence-electron chi connectivity index (χ0n) is 11.3. The van der Waals surface area contributed by atoms with Gasteiger partial charge in [-0.2, -0.15) is 0 Å². The Morgan fingerprint density at radius 2 is 1.85 bits per heavy atom. The topological polar surface area (TPSA) is 55.8 Å². The van der Waals surface area contributed by atoms with Gasteiger partial charge in [0.15, 0.2) is 17.3 Å². The Labute approximate surface area is 125 Å². The van der Waals surface area contributed by atoms with Gasteiger partial charge >= 0.3 is 5.97 Å². The standard InChI is InChI=1S/C14H16BrFO4/c1-19-11-8(7-9(15)10(16)12(11)20-2)14(13(17)18)5-3-4-6-14/h7H,3-6H2,1-2H3,(H,17,18). The molecule has 2 rings (SSSR count). The lowest BCUT2D eigenvalue weighted by Crippen LogP contribution is -2.33. The van der Waals surface area contributed by atoms with E-state index in [1.165, 1.54) is 20.3 Å². The van der Waals surface area contributed by atoms with Gasteiger partial charge in [0.25, 0.3) is 0 Å². The first-order valence-corrected chi connectivity index (χ1v) is 7.11. The maximum absolute atomic E-state index is 14.0. The Morgan fingerprint density at radius 1 is 1.30 bits per heavy atom. The number of hydrogen-bond donors (Lipinski definition) is 1. The van der Waals surface area contributed by atoms with Crippen molar-refractivity contribution in [3.05, 3.63) is 21.9 Å². The van der Waals surface area contributed by atoms with Crippen molar-refractivity contribution in [2.24, 2.45) is 0 Å². The molecule has 0 aromatic heterocycles. The molecule has 4 nitrogen and oxygen atoms in total. The normalized spacial score (nSPS) is 17.0. The number of ether oxygens (including phenoxy) is 2. The molecule has 6 heteroatoms. The highest BCUT2D eigenvalue weighted by atomic mass is 79.9. The molecule has 0 unspecified atom stereocenters. The average molecular weight is 347 g/mol. The highest BCUT2D eigenvalue weighted by Gasteiger charge is 2.46. The van der Waals surface area contributed by atoms with Crippen molar-refractivity contribution in [2.45, 2.75) is 31.1 Å². The Morgan fingerprint density at radius 3 is 2.30 bits per heavy atom. The van der Waals surface area contributed by atoms with Gasteiger partial charge in [0, 0.05) is 5.56 Å². The quantitative estimate of drug-likeness (QED) is 0.906. The van der Waals surface area contributed by atoms with Gasteiger partial charge in [-0.15, -0.1) is 0 Å². The summed E-state index contributed by atoms with van der Waals surface area (Å²) < 4.78 is 24.5. The van der Waals surface area contributed by atoms with Crippen LogP contribution in [0, 0.1) is 5.82 Å². The molecule has 0 heterocycles. The van der Waals surface area contributed by atoms with E-state index in [1.54, 1.807) is 0 Å². The first-order chi connectivity index (χ1) is 9.47. The largest absolute Gasteiger partial charge is 0.492 e. The predicted molar refractivity (Wildman–Crippen MR) is 75.0 cm³/mol. The average Bonchev–Trinajstić information content (AvgIpc) is 2.91. The zero-order valence-corrected chi connectivity index (χ0v) is 12.9. The number of methoxy groups -OCH3 is 2. The fourth-order valence-corrected chi connectivity index (χ4v) is 3.31. The summed E-state index contributed by atoms with van der Waals surface area (Å²) in [4.78, 5) is 11.8. The highest BCUT2D eigenvalue weighted by molar-refractivity contribution is 9.10. The van der Waals surface area contributed by atoms with Crippen LogP contribution >= 0.6 is 15.9 Å². The summed E-state index contributed by atoms with van der Waals surface area (Å²) in [5.74, 6) is -1.40. The van der Waals surface area contributed by atoms with E-state index in [1.807, 2.05) is 0 Å². The van der Waals surface area contributed by atoms with Gasteiger partial charge in [-0.25, -0.2) is 4.39 Å². The smallest absolute Gasteiger partial charge is 0.314 e. The second kappa shape index (κ2) is 5.60. The predicted octanol–water partition coefficient (Wildman–Crippen LogP) is 3.50. The number of carbonyl (C=O) groups is 1. The number of aliphatic carboxylic acids is 1. The summed E-state index contributed by atoms with van der Waals surface area (Å²) in [5, 5.41) is 9.66. The van der Waals surface area contributed by atoms with Crippen LogP contribution in [0.15, 0.2) is 10.5 Å². The molecule has 0 atom stereocenters. The fourth-order valence-electron chi connectivity index (χ4n) is 2.90. The summed E-state index contributed by atoms with van der Waals surface area (Å²) >= 11 is 3.12. The third kappa shape index (κ3) is 2.16. The molecule has 1 aromatic rings. The molecule has 1 aliphatic carbocycles. The lowest BCUT2D eigenvalue weighted by molar-refractivity contribution is -0.143. The van der Waals surface area contributed by atoms with Crippen LogP contribution in [0.2, 0.25) is 0 Å². The third-order valence-corrected chi connectivity index (χ3v) is 4.50. The van der Waals surface area contributed by atoms with Gasteiger partial charge in [0.05, 0.1) is 24.1 Å². The van der Waals surface area contributed by atoms with Gasteiger partial charge in [0.2, 0.25) is 0 Å². The van der Waals surface area contributed by atoms with Crippen LogP contribution in [0.3, 0.4) is 0 Å². The molecule has 20 heavy (non-hydrogen) atoms. The number of hydrogen-bond acceptors (Lipinski definition) is 3. The van der Waals surface area contributed by atoms with E-state index >= 15 is 0 Å². The Bertz CT molecular complexity index is 538. The molecule has 1 fully saturated rings. The second-order valence-electron chi connectivity index (χ2n) is 4.88. The summed E-state index contributed by atoms with van der Waals surface area (Å²) in [7, 11) is 2.72. The minimum Gasteiger partial charge on any atom is -0.492 e. The number of halogens is 2. The van der Waals surface area contributed by atoms with E-state index in [9.17, 15) is 14.3 Å². The Kier molecular flexibility index (Phi) is 4.22. The zero-order chi connectivity index (χ0) is 14.9. The first kappa shape index (κ1) is 15.1. The van der Waals surface area contributed by atoms with Crippen LogP contribution in [-0.2, 0) is 10.2 Å². The molecular formula is C14H16BrFO4. The Balaban J connectivity index is 2.72. The monoisotopic (exact) mass is 346 g/mol. The molecule has 1 aliphatic rings. The van der Waals surface area contributed by atoms with Crippen molar-refractivity contribution in [3.63, 3.8) is 0 Å². The number of rotatable bonds is 4. The van der Waals surface area contributed by atoms with Gasteiger partial charge in [-0.05, 0) is 34.8 Å². The molecule has 1 aromatic carbocycles. The molecule has 0 saturated heterocycles. The van der Waals surface area contributed by atoms with Crippen molar-refractivity contribution in [1.29, 1.82) is 0 Å². The van der Waals surface area contributed by atoms with Gasteiger partial charge in [-0.3, -0.25) is 4.79 Å². The summed E-state index contributed by atoms with van der Waals surface area (Å²) in [6.07, 6.45) is 2.68. The second-order valence-corrected chi connectivity index (χ2v) is 5.74. The van der Waals surface area contributed by atoms with Crippen LogP contribution in [0.5, 0.6) is 11.5 Å². The SMILES string of the molecule is COc1c(C2(C(=O)O)CCCC2)cc(Br)c(F)c1OC. The van der Waals surface area contributed by atoms with Crippen molar-refractivity contribution in [1.82, 2.24) is 0 Å². The molecule has 0 aliphatic heterocycles. The minimum absolute atomic E-state index is 0.0654. The van der Waals surface area contributed by atoms with E-state index < -0.39 is 17.2 Å². The van der Waals surface area contributed by atoms with Crippen molar-refractivity contribution in [3.8, 4) is 11.5 Å².